The second-order valence-electron chi connectivity index (χ2n) is 7.24. The van der Waals surface area contributed by atoms with Crippen LogP contribution in [0.5, 0.6) is 0 Å². The molecule has 158 valence electrons. The molecule has 1 aromatic rings. The van der Waals surface area contributed by atoms with Crippen molar-refractivity contribution in [3.8, 4) is 0 Å². The van der Waals surface area contributed by atoms with E-state index in [-0.39, 0.29) is 5.75 Å². The Bertz CT molecular complexity index is 701. The van der Waals surface area contributed by atoms with Crippen LogP contribution in [0.2, 0.25) is 0 Å². The molecular formula is C20H34N4O3S. The molecule has 0 radical (unpaired) electrons. The van der Waals surface area contributed by atoms with Gasteiger partial charge in [-0.2, -0.15) is 0 Å². The predicted molar refractivity (Wildman–Crippen MR) is 113 cm³/mol. The van der Waals surface area contributed by atoms with Gasteiger partial charge >= 0.3 is 0 Å². The van der Waals surface area contributed by atoms with E-state index in [9.17, 15) is 8.42 Å². The molecule has 28 heavy (non-hydrogen) atoms. The van der Waals surface area contributed by atoms with Crippen molar-refractivity contribution >= 4 is 15.8 Å². The summed E-state index contributed by atoms with van der Waals surface area (Å²) in [6.07, 6.45) is 0. The minimum atomic E-state index is -3.30. The number of nitrogens with zero attached hydrogens (tertiary/aromatic N) is 2. The quantitative estimate of drug-likeness (QED) is 0.473. The topological polar surface area (TPSA) is 83.0 Å². The normalized spacial score (nSPS) is 17.5. The van der Waals surface area contributed by atoms with Crippen LogP contribution in [0.4, 0.5) is 0 Å². The monoisotopic (exact) mass is 410 g/mol. The van der Waals surface area contributed by atoms with E-state index in [1.165, 1.54) is 0 Å². The van der Waals surface area contributed by atoms with Crippen LogP contribution in [0.25, 0.3) is 0 Å². The minimum absolute atomic E-state index is 0.0263. The number of aliphatic imine (C=N–C) groups is 1. The average Bonchev–Trinajstić information content (AvgIpc) is 2.69. The molecule has 1 aliphatic heterocycles. The van der Waals surface area contributed by atoms with Gasteiger partial charge in [0, 0.05) is 32.2 Å². The first-order chi connectivity index (χ1) is 13.4. The Labute approximate surface area is 169 Å². The third-order valence-corrected chi connectivity index (χ3v) is 6.56. The van der Waals surface area contributed by atoms with Crippen molar-refractivity contribution in [2.45, 2.75) is 31.7 Å². The molecule has 2 rings (SSSR count). The van der Waals surface area contributed by atoms with Gasteiger partial charge in [-0.1, -0.05) is 32.0 Å². The molecule has 1 atom stereocenters. The van der Waals surface area contributed by atoms with Crippen LogP contribution in [0, 0.1) is 5.92 Å². The molecule has 1 aromatic carbocycles. The summed E-state index contributed by atoms with van der Waals surface area (Å²) < 4.78 is 30.3. The summed E-state index contributed by atoms with van der Waals surface area (Å²) in [5.74, 6) is 1.16. The molecule has 0 saturated carbocycles. The largest absolute Gasteiger partial charge is 0.379 e. The summed E-state index contributed by atoms with van der Waals surface area (Å²) in [4.78, 5) is 7.50. The third kappa shape index (κ3) is 7.07. The molecule has 2 N–H and O–H groups in total. The maximum absolute atomic E-state index is 12.4. The van der Waals surface area contributed by atoms with Gasteiger partial charge in [0.2, 0.25) is 0 Å². The third-order valence-electron chi connectivity index (χ3n) is 4.83. The molecule has 1 heterocycles. The summed E-state index contributed by atoms with van der Waals surface area (Å²) in [5, 5.41) is 6.37. The maximum Gasteiger partial charge on any atom is 0.191 e. The Balaban J connectivity index is 1.93. The second kappa shape index (κ2) is 11.4. The van der Waals surface area contributed by atoms with Crippen molar-refractivity contribution in [3.63, 3.8) is 0 Å². The Hall–Kier alpha value is -1.64. The van der Waals surface area contributed by atoms with Crippen molar-refractivity contribution in [1.82, 2.24) is 15.5 Å². The van der Waals surface area contributed by atoms with Gasteiger partial charge in [0.05, 0.1) is 30.4 Å². The molecule has 1 unspecified atom stereocenters. The summed E-state index contributed by atoms with van der Waals surface area (Å²) in [7, 11) is -3.30. The van der Waals surface area contributed by atoms with E-state index in [2.05, 4.69) is 29.4 Å². The predicted octanol–water partition coefficient (Wildman–Crippen LogP) is 1.37. The fourth-order valence-corrected chi connectivity index (χ4v) is 4.41. The number of sulfone groups is 1. The van der Waals surface area contributed by atoms with E-state index >= 15 is 0 Å². The molecular weight excluding hydrogens is 376 g/mol. The highest BCUT2D eigenvalue weighted by Crippen LogP contribution is 2.13. The van der Waals surface area contributed by atoms with Crippen LogP contribution < -0.4 is 10.6 Å². The van der Waals surface area contributed by atoms with Gasteiger partial charge < -0.3 is 15.4 Å². The Morgan fingerprint density at radius 3 is 2.46 bits per heavy atom. The van der Waals surface area contributed by atoms with Gasteiger partial charge in [-0.3, -0.25) is 9.89 Å². The lowest BCUT2D eigenvalue weighted by molar-refractivity contribution is 0.00867. The van der Waals surface area contributed by atoms with E-state index < -0.39 is 9.84 Å². The Kier molecular flexibility index (Phi) is 9.21. The van der Waals surface area contributed by atoms with Gasteiger partial charge in [-0.25, -0.2) is 8.42 Å². The van der Waals surface area contributed by atoms with Crippen molar-refractivity contribution in [2.24, 2.45) is 10.9 Å². The molecule has 1 fully saturated rings. The van der Waals surface area contributed by atoms with Crippen molar-refractivity contribution in [1.29, 1.82) is 0 Å². The number of guanidine groups is 1. The summed E-state index contributed by atoms with van der Waals surface area (Å²) in [5.41, 5.74) is 0. The van der Waals surface area contributed by atoms with E-state index in [1.54, 1.807) is 24.3 Å². The summed E-state index contributed by atoms with van der Waals surface area (Å²) in [6.45, 7) is 11.5. The second-order valence-corrected chi connectivity index (χ2v) is 9.35. The number of rotatable bonds is 9. The standard InChI is InChI=1S/C20H34N4O3S/c1-4-21-20(22-10-15-28(25,26)18-8-6-5-7-9-18)23-16-19(17(2)3)24-11-13-27-14-12-24/h5-9,17,19H,4,10-16H2,1-3H3,(H2,21,22,23). The highest BCUT2D eigenvalue weighted by atomic mass is 32.2. The lowest BCUT2D eigenvalue weighted by Crippen LogP contribution is -2.48. The van der Waals surface area contributed by atoms with Gasteiger partial charge in [-0.15, -0.1) is 0 Å². The zero-order valence-electron chi connectivity index (χ0n) is 17.2. The highest BCUT2D eigenvalue weighted by Gasteiger charge is 2.23. The zero-order valence-corrected chi connectivity index (χ0v) is 18.0. The van der Waals surface area contributed by atoms with Crippen LogP contribution in [-0.2, 0) is 14.6 Å². The van der Waals surface area contributed by atoms with Gasteiger partial charge in [0.1, 0.15) is 0 Å². The number of hydrogen-bond acceptors (Lipinski definition) is 5. The number of ether oxygens (including phenoxy) is 1. The lowest BCUT2D eigenvalue weighted by Gasteiger charge is -2.36. The van der Waals surface area contributed by atoms with Crippen LogP contribution in [0.1, 0.15) is 20.8 Å². The molecule has 0 spiro atoms. The fraction of sp³-hybridized carbons (Fsp3) is 0.650. The number of benzene rings is 1. The van der Waals surface area contributed by atoms with E-state index in [1.807, 2.05) is 13.0 Å². The molecule has 7 nitrogen and oxygen atoms in total. The van der Waals surface area contributed by atoms with Crippen molar-refractivity contribution < 1.29 is 13.2 Å². The minimum Gasteiger partial charge on any atom is -0.379 e. The summed E-state index contributed by atoms with van der Waals surface area (Å²) in [6, 6.07) is 8.89. The molecule has 0 amide bonds. The van der Waals surface area contributed by atoms with Crippen LogP contribution in [0.15, 0.2) is 40.2 Å². The number of nitrogens with one attached hydrogen (secondary N) is 2. The van der Waals surface area contributed by atoms with Crippen LogP contribution in [-0.4, -0.2) is 77.0 Å². The first-order valence-electron chi connectivity index (χ1n) is 10.1. The highest BCUT2D eigenvalue weighted by molar-refractivity contribution is 7.91. The van der Waals surface area contributed by atoms with E-state index in [0.717, 1.165) is 32.8 Å². The first-order valence-corrected chi connectivity index (χ1v) is 11.7. The lowest BCUT2D eigenvalue weighted by atomic mass is 10.0. The van der Waals surface area contributed by atoms with Crippen LogP contribution >= 0.6 is 0 Å². The molecule has 1 aliphatic rings. The Morgan fingerprint density at radius 1 is 1.18 bits per heavy atom. The SMILES string of the molecule is CCNC(=NCC(C(C)C)N1CCOCC1)NCCS(=O)(=O)c1ccccc1. The molecule has 1 saturated heterocycles. The maximum atomic E-state index is 12.4. The number of morpholine rings is 1. The first kappa shape index (κ1) is 22.6. The smallest absolute Gasteiger partial charge is 0.191 e. The summed E-state index contributed by atoms with van der Waals surface area (Å²) >= 11 is 0. The van der Waals surface area contributed by atoms with Crippen molar-refractivity contribution in [2.75, 3.05) is 51.7 Å². The Morgan fingerprint density at radius 2 is 1.86 bits per heavy atom. The molecule has 0 aromatic heterocycles. The fourth-order valence-electron chi connectivity index (χ4n) is 3.23. The average molecular weight is 411 g/mol. The van der Waals surface area contributed by atoms with Crippen LogP contribution in [0.3, 0.4) is 0 Å². The zero-order chi connectivity index (χ0) is 20.4. The number of hydrogen-bond donors (Lipinski definition) is 2. The van der Waals surface area contributed by atoms with Gasteiger partial charge in [-0.05, 0) is 25.0 Å². The van der Waals surface area contributed by atoms with Crippen molar-refractivity contribution in [3.05, 3.63) is 30.3 Å². The van der Waals surface area contributed by atoms with Gasteiger partial charge in [0.15, 0.2) is 15.8 Å². The van der Waals surface area contributed by atoms with E-state index in [0.29, 0.717) is 35.9 Å². The molecule has 8 heteroatoms. The van der Waals surface area contributed by atoms with Gasteiger partial charge in [0.25, 0.3) is 0 Å². The molecule has 0 bridgehead atoms. The molecule has 0 aliphatic carbocycles. The van der Waals surface area contributed by atoms with E-state index in [4.69, 9.17) is 9.73 Å².